The van der Waals surface area contributed by atoms with Gasteiger partial charge in [0.05, 0.1) is 6.54 Å². The zero-order valence-electron chi connectivity index (χ0n) is 12.2. The molecule has 1 rings (SSSR count). The number of rotatable bonds is 4. The Morgan fingerprint density at radius 2 is 2.00 bits per heavy atom. The third-order valence-corrected chi connectivity index (χ3v) is 3.83. The van der Waals surface area contributed by atoms with Gasteiger partial charge in [-0.1, -0.05) is 41.0 Å². The van der Waals surface area contributed by atoms with Crippen LogP contribution >= 0.6 is 0 Å². The fourth-order valence-electron chi connectivity index (χ4n) is 2.02. The standard InChI is InChI=1S/C14H26N2O2/c1-6-7-11-13(18)16(9-12(17)15-11)8-10(2)14(3,4)5/h10-11H,6-9H2,1-5H3,(H,15,17). The lowest BCUT2D eigenvalue weighted by molar-refractivity contribution is -0.145. The normalized spacial score (nSPS) is 22.9. The predicted octanol–water partition coefficient (Wildman–Crippen LogP) is 1.80. The van der Waals surface area contributed by atoms with Gasteiger partial charge in [0.2, 0.25) is 11.8 Å². The molecule has 1 N–H and O–H groups in total. The Balaban J connectivity index is 2.69. The van der Waals surface area contributed by atoms with Crippen LogP contribution in [0.15, 0.2) is 0 Å². The number of hydrogen-bond donors (Lipinski definition) is 1. The summed E-state index contributed by atoms with van der Waals surface area (Å²) in [6.45, 7) is 11.5. The average Bonchev–Trinajstić information content (AvgIpc) is 2.23. The van der Waals surface area contributed by atoms with Gasteiger partial charge in [-0.15, -0.1) is 0 Å². The van der Waals surface area contributed by atoms with Crippen LogP contribution in [0, 0.1) is 11.3 Å². The van der Waals surface area contributed by atoms with E-state index in [-0.39, 0.29) is 29.8 Å². The highest BCUT2D eigenvalue weighted by Gasteiger charge is 2.34. The summed E-state index contributed by atoms with van der Waals surface area (Å²) in [4.78, 5) is 25.6. The molecule has 18 heavy (non-hydrogen) atoms. The molecule has 1 heterocycles. The molecule has 1 aliphatic rings. The molecular weight excluding hydrogens is 228 g/mol. The second-order valence-electron chi connectivity index (χ2n) is 6.39. The van der Waals surface area contributed by atoms with E-state index in [0.717, 1.165) is 12.8 Å². The maximum Gasteiger partial charge on any atom is 0.245 e. The number of carbonyl (C=O) groups excluding carboxylic acids is 2. The molecule has 2 amide bonds. The van der Waals surface area contributed by atoms with E-state index in [4.69, 9.17) is 0 Å². The lowest BCUT2D eigenvalue weighted by Crippen LogP contribution is -2.59. The number of carbonyl (C=O) groups is 2. The van der Waals surface area contributed by atoms with Crippen LogP contribution in [0.25, 0.3) is 0 Å². The lowest BCUT2D eigenvalue weighted by atomic mass is 9.81. The van der Waals surface area contributed by atoms with Gasteiger partial charge in [0, 0.05) is 6.54 Å². The fraction of sp³-hybridized carbons (Fsp3) is 0.857. The third kappa shape index (κ3) is 3.72. The molecule has 2 unspecified atom stereocenters. The van der Waals surface area contributed by atoms with Gasteiger partial charge in [0.1, 0.15) is 6.04 Å². The zero-order chi connectivity index (χ0) is 13.9. The van der Waals surface area contributed by atoms with Crippen LogP contribution < -0.4 is 5.32 Å². The van der Waals surface area contributed by atoms with Gasteiger partial charge >= 0.3 is 0 Å². The fourth-order valence-corrected chi connectivity index (χ4v) is 2.02. The van der Waals surface area contributed by atoms with Crippen molar-refractivity contribution in [2.45, 2.75) is 53.5 Å². The Labute approximate surface area is 110 Å². The molecule has 2 atom stereocenters. The minimum atomic E-state index is -0.316. The van der Waals surface area contributed by atoms with Crippen molar-refractivity contribution in [1.29, 1.82) is 0 Å². The van der Waals surface area contributed by atoms with E-state index in [0.29, 0.717) is 12.5 Å². The summed E-state index contributed by atoms with van der Waals surface area (Å²) in [5.74, 6) is 0.413. The molecule has 1 fully saturated rings. The Morgan fingerprint density at radius 1 is 1.39 bits per heavy atom. The molecule has 104 valence electrons. The third-order valence-electron chi connectivity index (χ3n) is 3.83. The molecule has 4 nitrogen and oxygen atoms in total. The summed E-state index contributed by atoms with van der Waals surface area (Å²) in [6, 6.07) is -0.316. The quantitative estimate of drug-likeness (QED) is 0.831. The van der Waals surface area contributed by atoms with E-state index >= 15 is 0 Å². The molecule has 0 aliphatic carbocycles. The van der Waals surface area contributed by atoms with Crippen LogP contribution in [0.3, 0.4) is 0 Å². The van der Waals surface area contributed by atoms with E-state index in [2.05, 4.69) is 33.0 Å². The summed E-state index contributed by atoms with van der Waals surface area (Å²) in [5.41, 5.74) is 0.147. The van der Waals surface area contributed by atoms with Gasteiger partial charge in [-0.25, -0.2) is 0 Å². The maximum absolute atomic E-state index is 12.2. The Morgan fingerprint density at radius 3 is 2.50 bits per heavy atom. The van der Waals surface area contributed by atoms with Gasteiger partial charge in [-0.3, -0.25) is 9.59 Å². The van der Waals surface area contributed by atoms with Gasteiger partial charge in [-0.2, -0.15) is 0 Å². The van der Waals surface area contributed by atoms with Gasteiger partial charge in [0.15, 0.2) is 0 Å². The summed E-state index contributed by atoms with van der Waals surface area (Å²) in [5, 5.41) is 2.78. The van der Waals surface area contributed by atoms with Crippen molar-refractivity contribution in [3.8, 4) is 0 Å². The molecule has 0 saturated carbocycles. The summed E-state index contributed by atoms with van der Waals surface area (Å²) >= 11 is 0. The minimum absolute atomic E-state index is 0.0332. The van der Waals surface area contributed by atoms with Crippen molar-refractivity contribution in [3.63, 3.8) is 0 Å². The largest absolute Gasteiger partial charge is 0.343 e. The van der Waals surface area contributed by atoms with Crippen molar-refractivity contribution in [3.05, 3.63) is 0 Å². The molecule has 0 radical (unpaired) electrons. The molecule has 4 heteroatoms. The van der Waals surface area contributed by atoms with Gasteiger partial charge < -0.3 is 10.2 Å². The lowest BCUT2D eigenvalue weighted by Gasteiger charge is -2.37. The number of hydrogen-bond acceptors (Lipinski definition) is 2. The summed E-state index contributed by atoms with van der Waals surface area (Å²) in [7, 11) is 0. The first-order chi connectivity index (χ1) is 8.25. The highest BCUT2D eigenvalue weighted by molar-refractivity contribution is 5.94. The van der Waals surface area contributed by atoms with Gasteiger partial charge in [-0.05, 0) is 17.8 Å². The Kier molecular flexibility index (Phi) is 4.77. The molecule has 1 aliphatic heterocycles. The number of nitrogens with one attached hydrogen (secondary N) is 1. The molecular formula is C14H26N2O2. The van der Waals surface area contributed by atoms with E-state index < -0.39 is 0 Å². The highest BCUT2D eigenvalue weighted by Crippen LogP contribution is 2.26. The Hall–Kier alpha value is -1.06. The first-order valence-electron chi connectivity index (χ1n) is 6.83. The topological polar surface area (TPSA) is 49.4 Å². The molecule has 0 aromatic rings. The van der Waals surface area contributed by atoms with E-state index in [1.165, 1.54) is 0 Å². The highest BCUT2D eigenvalue weighted by atomic mass is 16.2. The van der Waals surface area contributed by atoms with E-state index in [1.807, 2.05) is 6.92 Å². The van der Waals surface area contributed by atoms with Crippen LogP contribution in [0.4, 0.5) is 0 Å². The van der Waals surface area contributed by atoms with Crippen molar-refractivity contribution in [2.24, 2.45) is 11.3 Å². The van der Waals surface area contributed by atoms with Crippen LogP contribution in [0.5, 0.6) is 0 Å². The predicted molar refractivity (Wildman–Crippen MR) is 72.0 cm³/mol. The summed E-state index contributed by atoms with van der Waals surface area (Å²) < 4.78 is 0. The smallest absolute Gasteiger partial charge is 0.245 e. The molecule has 1 saturated heterocycles. The number of piperazine rings is 1. The van der Waals surface area contributed by atoms with Crippen LogP contribution in [0.1, 0.15) is 47.5 Å². The van der Waals surface area contributed by atoms with E-state index in [1.54, 1.807) is 4.90 Å². The first kappa shape index (κ1) is 15.0. The minimum Gasteiger partial charge on any atom is -0.343 e. The first-order valence-corrected chi connectivity index (χ1v) is 6.83. The average molecular weight is 254 g/mol. The van der Waals surface area contributed by atoms with Crippen molar-refractivity contribution >= 4 is 11.8 Å². The second-order valence-corrected chi connectivity index (χ2v) is 6.39. The monoisotopic (exact) mass is 254 g/mol. The second kappa shape index (κ2) is 5.72. The molecule has 0 bridgehead atoms. The van der Waals surface area contributed by atoms with Gasteiger partial charge in [0.25, 0.3) is 0 Å². The van der Waals surface area contributed by atoms with Crippen LogP contribution in [0.2, 0.25) is 0 Å². The van der Waals surface area contributed by atoms with Crippen LogP contribution in [-0.2, 0) is 9.59 Å². The maximum atomic E-state index is 12.2. The molecule has 0 aromatic heterocycles. The zero-order valence-corrected chi connectivity index (χ0v) is 12.2. The summed E-state index contributed by atoms with van der Waals surface area (Å²) in [6.07, 6.45) is 1.63. The number of amides is 2. The molecule has 0 spiro atoms. The molecule has 0 aromatic carbocycles. The SMILES string of the molecule is CCCC1NC(=O)CN(CC(C)C(C)(C)C)C1=O. The van der Waals surface area contributed by atoms with Crippen LogP contribution in [-0.4, -0.2) is 35.8 Å². The van der Waals surface area contributed by atoms with E-state index in [9.17, 15) is 9.59 Å². The van der Waals surface area contributed by atoms with Crippen molar-refractivity contribution in [2.75, 3.05) is 13.1 Å². The van der Waals surface area contributed by atoms with Crippen molar-refractivity contribution in [1.82, 2.24) is 10.2 Å². The number of nitrogens with zero attached hydrogens (tertiary/aromatic N) is 1. The Bertz CT molecular complexity index is 320. The van der Waals surface area contributed by atoms with Crippen molar-refractivity contribution < 1.29 is 9.59 Å².